The SMILES string of the molecule is CC.CC(=O)c1ccc(-c2c(C)cccc2F)cc1.CNC(=O)C(C)C(=O)NO. The minimum absolute atomic E-state index is 0.0156. The Hall–Kier alpha value is -3.06. The lowest BCUT2D eigenvalue weighted by molar-refractivity contribution is -0.139. The molecule has 0 aliphatic heterocycles. The lowest BCUT2D eigenvalue weighted by Gasteiger charge is -2.07. The highest BCUT2D eigenvalue weighted by Crippen LogP contribution is 2.26. The van der Waals surface area contributed by atoms with Crippen molar-refractivity contribution in [2.24, 2.45) is 5.92 Å². The van der Waals surface area contributed by atoms with Crippen molar-refractivity contribution in [1.29, 1.82) is 0 Å². The molecule has 3 N–H and O–H groups in total. The van der Waals surface area contributed by atoms with E-state index in [1.54, 1.807) is 30.3 Å². The van der Waals surface area contributed by atoms with Gasteiger partial charge in [0.05, 0.1) is 0 Å². The molecule has 0 heterocycles. The zero-order valence-electron chi connectivity index (χ0n) is 17.7. The minimum atomic E-state index is -0.852. The first-order valence-corrected chi connectivity index (χ1v) is 9.25. The highest BCUT2D eigenvalue weighted by Gasteiger charge is 2.18. The number of nitrogens with one attached hydrogen (secondary N) is 2. The van der Waals surface area contributed by atoms with Crippen LogP contribution >= 0.6 is 0 Å². The van der Waals surface area contributed by atoms with E-state index in [0.717, 1.165) is 11.1 Å². The summed E-state index contributed by atoms with van der Waals surface area (Å²) in [6.07, 6.45) is 0. The Balaban J connectivity index is 0.000000563. The predicted octanol–water partition coefficient (Wildman–Crippen LogP) is 3.90. The molecule has 2 rings (SSSR count). The van der Waals surface area contributed by atoms with E-state index in [2.05, 4.69) is 5.32 Å². The van der Waals surface area contributed by atoms with Gasteiger partial charge >= 0.3 is 0 Å². The molecule has 0 aliphatic rings. The van der Waals surface area contributed by atoms with Crippen LogP contribution in [0.4, 0.5) is 4.39 Å². The molecule has 0 fully saturated rings. The first-order chi connectivity index (χ1) is 13.7. The van der Waals surface area contributed by atoms with Crippen LogP contribution in [0.5, 0.6) is 0 Å². The summed E-state index contributed by atoms with van der Waals surface area (Å²) in [5.41, 5.74) is 4.31. The maximum atomic E-state index is 13.7. The van der Waals surface area contributed by atoms with Crippen molar-refractivity contribution in [2.45, 2.75) is 34.6 Å². The summed E-state index contributed by atoms with van der Waals surface area (Å²) in [5.74, 6) is -2.21. The maximum absolute atomic E-state index is 13.7. The van der Waals surface area contributed by atoms with Gasteiger partial charge < -0.3 is 5.32 Å². The fraction of sp³-hybridized carbons (Fsp3) is 0.318. The summed E-state index contributed by atoms with van der Waals surface area (Å²) in [5, 5.41) is 10.3. The number of benzene rings is 2. The van der Waals surface area contributed by atoms with E-state index in [1.165, 1.54) is 32.4 Å². The average molecular weight is 404 g/mol. The molecule has 6 nitrogen and oxygen atoms in total. The molecule has 0 bridgehead atoms. The van der Waals surface area contributed by atoms with Crippen LogP contribution < -0.4 is 10.8 Å². The normalized spacial score (nSPS) is 10.3. The fourth-order valence-electron chi connectivity index (χ4n) is 2.30. The van der Waals surface area contributed by atoms with Crippen LogP contribution in [0.25, 0.3) is 11.1 Å². The molecule has 1 atom stereocenters. The zero-order chi connectivity index (χ0) is 22.6. The molecule has 0 spiro atoms. The Morgan fingerprint density at radius 2 is 1.55 bits per heavy atom. The summed E-state index contributed by atoms with van der Waals surface area (Å²) < 4.78 is 13.7. The Morgan fingerprint density at radius 1 is 1.00 bits per heavy atom. The predicted molar refractivity (Wildman–Crippen MR) is 111 cm³/mol. The van der Waals surface area contributed by atoms with Gasteiger partial charge in [0.1, 0.15) is 11.7 Å². The number of aryl methyl sites for hydroxylation is 1. The number of ketones is 1. The van der Waals surface area contributed by atoms with Crippen molar-refractivity contribution in [3.63, 3.8) is 0 Å². The summed E-state index contributed by atoms with van der Waals surface area (Å²) in [7, 11) is 1.42. The molecule has 158 valence electrons. The second-order valence-electron chi connectivity index (χ2n) is 5.88. The molecule has 0 saturated carbocycles. The Bertz CT molecular complexity index is 784. The van der Waals surface area contributed by atoms with Crippen molar-refractivity contribution >= 4 is 17.6 Å². The van der Waals surface area contributed by atoms with Crippen LogP contribution in [0.2, 0.25) is 0 Å². The number of Topliss-reactive ketones (excluding diaryl/α,β-unsaturated/α-hetero) is 1. The van der Waals surface area contributed by atoms with Crippen molar-refractivity contribution in [2.75, 3.05) is 7.05 Å². The molecule has 7 heteroatoms. The molecule has 0 aliphatic carbocycles. The lowest BCUT2D eigenvalue weighted by atomic mass is 9.98. The quantitative estimate of drug-likeness (QED) is 0.312. The highest BCUT2D eigenvalue weighted by atomic mass is 19.1. The number of rotatable bonds is 4. The summed E-state index contributed by atoms with van der Waals surface area (Å²) >= 11 is 0. The number of amides is 2. The maximum Gasteiger partial charge on any atom is 0.255 e. The summed E-state index contributed by atoms with van der Waals surface area (Å²) in [6.45, 7) is 8.78. The first-order valence-electron chi connectivity index (χ1n) is 9.25. The largest absolute Gasteiger partial charge is 0.358 e. The standard InChI is InChI=1S/C15H13FO.C5H10N2O3.C2H6/c1-10-4-3-5-14(16)15(10)13-8-6-12(7-9-13)11(2)17;1-3(4(8)6-2)5(9)7-10;1-2/h3-9H,1-2H3;3,10H,1-2H3,(H,6,8)(H,7,9);1-2H3. The van der Waals surface area contributed by atoms with Crippen LogP contribution in [0.15, 0.2) is 42.5 Å². The third-order valence-electron chi connectivity index (χ3n) is 3.95. The monoisotopic (exact) mass is 404 g/mol. The smallest absolute Gasteiger partial charge is 0.255 e. The third kappa shape index (κ3) is 7.83. The molecule has 1 unspecified atom stereocenters. The number of hydrogen-bond donors (Lipinski definition) is 3. The van der Waals surface area contributed by atoms with E-state index in [4.69, 9.17) is 5.21 Å². The third-order valence-corrected chi connectivity index (χ3v) is 3.95. The van der Waals surface area contributed by atoms with E-state index in [9.17, 15) is 18.8 Å². The summed E-state index contributed by atoms with van der Waals surface area (Å²) in [4.78, 5) is 32.3. The molecule has 0 aromatic heterocycles. The number of carbonyl (C=O) groups is 3. The molecular weight excluding hydrogens is 375 g/mol. The molecule has 2 aromatic rings. The Labute approximate surface area is 171 Å². The van der Waals surface area contributed by atoms with Crippen LogP contribution in [-0.2, 0) is 9.59 Å². The van der Waals surface area contributed by atoms with Gasteiger partial charge in [-0.15, -0.1) is 0 Å². The Morgan fingerprint density at radius 3 is 1.97 bits per heavy atom. The molecule has 29 heavy (non-hydrogen) atoms. The van der Waals surface area contributed by atoms with Gasteiger partial charge in [0.2, 0.25) is 5.91 Å². The van der Waals surface area contributed by atoms with Crippen LogP contribution in [0, 0.1) is 18.7 Å². The van der Waals surface area contributed by atoms with Gasteiger partial charge in [-0.3, -0.25) is 19.6 Å². The molecule has 0 saturated heterocycles. The van der Waals surface area contributed by atoms with Gasteiger partial charge in [0, 0.05) is 18.2 Å². The van der Waals surface area contributed by atoms with Crippen molar-refractivity contribution in [3.05, 3.63) is 59.4 Å². The van der Waals surface area contributed by atoms with Gasteiger partial charge in [0.25, 0.3) is 5.91 Å². The van der Waals surface area contributed by atoms with Crippen LogP contribution in [0.1, 0.15) is 43.6 Å². The number of hydroxylamine groups is 1. The van der Waals surface area contributed by atoms with E-state index in [-0.39, 0.29) is 11.6 Å². The van der Waals surface area contributed by atoms with Crippen molar-refractivity contribution < 1.29 is 24.0 Å². The van der Waals surface area contributed by atoms with Crippen molar-refractivity contribution in [3.8, 4) is 11.1 Å². The fourth-order valence-corrected chi connectivity index (χ4v) is 2.30. The van der Waals surface area contributed by atoms with Crippen molar-refractivity contribution in [1.82, 2.24) is 10.8 Å². The zero-order valence-corrected chi connectivity index (χ0v) is 17.7. The lowest BCUT2D eigenvalue weighted by Crippen LogP contribution is -2.36. The van der Waals surface area contributed by atoms with Gasteiger partial charge in [0.15, 0.2) is 5.78 Å². The molecular formula is C22H29FN2O4. The van der Waals surface area contributed by atoms with Gasteiger partial charge in [-0.05, 0) is 38.0 Å². The first kappa shape index (κ1) is 25.9. The van der Waals surface area contributed by atoms with Crippen LogP contribution in [0.3, 0.4) is 0 Å². The van der Waals surface area contributed by atoms with E-state index in [0.29, 0.717) is 11.1 Å². The topological polar surface area (TPSA) is 95.5 Å². The van der Waals surface area contributed by atoms with Gasteiger partial charge in [-0.1, -0.05) is 50.2 Å². The van der Waals surface area contributed by atoms with Gasteiger partial charge in [-0.25, -0.2) is 9.87 Å². The van der Waals surface area contributed by atoms with E-state index in [1.807, 2.05) is 26.8 Å². The number of halogens is 1. The molecule has 2 amide bonds. The molecule has 2 aromatic carbocycles. The van der Waals surface area contributed by atoms with Crippen LogP contribution in [-0.4, -0.2) is 29.9 Å². The van der Waals surface area contributed by atoms with E-state index < -0.39 is 17.7 Å². The average Bonchev–Trinajstić information content (AvgIpc) is 2.74. The van der Waals surface area contributed by atoms with E-state index >= 15 is 0 Å². The second-order valence-corrected chi connectivity index (χ2v) is 5.88. The van der Waals surface area contributed by atoms with Gasteiger partial charge in [-0.2, -0.15) is 0 Å². The minimum Gasteiger partial charge on any atom is -0.358 e. The molecule has 0 radical (unpaired) electrons. The second kappa shape index (κ2) is 13.2. The number of hydrogen-bond acceptors (Lipinski definition) is 4. The highest BCUT2D eigenvalue weighted by molar-refractivity contribution is 5.99. The number of carbonyl (C=O) groups excluding carboxylic acids is 3. The summed E-state index contributed by atoms with van der Waals surface area (Å²) in [6, 6.07) is 12.0. The Kier molecular flexibility index (Phi) is 11.8.